The maximum absolute atomic E-state index is 12.9. The van der Waals surface area contributed by atoms with Crippen molar-refractivity contribution in [3.8, 4) is 5.69 Å². The van der Waals surface area contributed by atoms with Gasteiger partial charge in [0.1, 0.15) is 5.82 Å². The quantitative estimate of drug-likeness (QED) is 0.832. The van der Waals surface area contributed by atoms with E-state index in [4.69, 9.17) is 5.73 Å². The summed E-state index contributed by atoms with van der Waals surface area (Å²) in [4.78, 5) is 13.6. The first kappa shape index (κ1) is 20.1. The molecule has 0 bridgehead atoms. The molecule has 0 radical (unpaired) electrons. The predicted molar refractivity (Wildman–Crippen MR) is 92.9 cm³/mol. The first-order valence-electron chi connectivity index (χ1n) is 7.54. The summed E-state index contributed by atoms with van der Waals surface area (Å²) in [5.41, 5.74) is 6.08. The Hall–Kier alpha value is -1.99. The van der Waals surface area contributed by atoms with Crippen molar-refractivity contribution in [3.63, 3.8) is 0 Å². The lowest BCUT2D eigenvalue weighted by Gasteiger charge is -2.30. The van der Waals surface area contributed by atoms with Crippen molar-refractivity contribution in [2.45, 2.75) is 32.7 Å². The number of amides is 1. The normalized spacial score (nSPS) is 13.2. The number of halogens is 2. The van der Waals surface area contributed by atoms with Crippen LogP contribution in [0.2, 0.25) is 0 Å². The topological polar surface area (TPSA) is 85.8 Å². The maximum Gasteiger partial charge on any atom is 0.273 e. The summed E-state index contributed by atoms with van der Waals surface area (Å²) in [6.45, 7) is 6.40. The number of nitrogens with two attached hydrogens (primary N) is 1. The highest BCUT2D eigenvalue weighted by Crippen LogP contribution is 2.16. The van der Waals surface area contributed by atoms with Gasteiger partial charge in [0.2, 0.25) is 0 Å². The SMILES string of the molecule is CC(C)CC(C)(CN)NC(=O)c1cnn(-c2ccc(F)cc2)n1.Cl. The van der Waals surface area contributed by atoms with Crippen LogP contribution >= 0.6 is 12.4 Å². The highest BCUT2D eigenvalue weighted by Gasteiger charge is 2.27. The average Bonchev–Trinajstić information content (AvgIpc) is 2.97. The third-order valence-electron chi connectivity index (χ3n) is 3.51. The van der Waals surface area contributed by atoms with Crippen LogP contribution in [0.5, 0.6) is 0 Å². The van der Waals surface area contributed by atoms with Gasteiger partial charge in [-0.25, -0.2) is 4.39 Å². The van der Waals surface area contributed by atoms with Crippen molar-refractivity contribution >= 4 is 18.3 Å². The molecule has 1 unspecified atom stereocenters. The molecule has 6 nitrogen and oxygen atoms in total. The van der Waals surface area contributed by atoms with Crippen LogP contribution in [0.25, 0.3) is 5.69 Å². The van der Waals surface area contributed by atoms with Crippen LogP contribution in [-0.4, -0.2) is 33.0 Å². The number of nitrogens with zero attached hydrogens (tertiary/aromatic N) is 3. The van der Waals surface area contributed by atoms with E-state index in [1.54, 1.807) is 12.1 Å². The minimum absolute atomic E-state index is 0. The number of carbonyl (C=O) groups excluding carboxylic acids is 1. The second kappa shape index (κ2) is 8.21. The van der Waals surface area contributed by atoms with E-state index in [9.17, 15) is 9.18 Å². The Bertz CT molecular complexity index is 673. The molecule has 1 aromatic heterocycles. The van der Waals surface area contributed by atoms with E-state index in [1.807, 2.05) is 6.92 Å². The molecule has 2 rings (SSSR count). The van der Waals surface area contributed by atoms with Gasteiger partial charge in [-0.15, -0.1) is 17.5 Å². The summed E-state index contributed by atoms with van der Waals surface area (Å²) < 4.78 is 12.9. The van der Waals surface area contributed by atoms with E-state index in [1.165, 1.54) is 23.1 Å². The molecule has 0 fully saturated rings. The summed E-state index contributed by atoms with van der Waals surface area (Å²) in [7, 11) is 0. The second-order valence-corrected chi connectivity index (χ2v) is 6.31. The first-order chi connectivity index (χ1) is 10.8. The van der Waals surface area contributed by atoms with Gasteiger partial charge in [-0.1, -0.05) is 13.8 Å². The molecule has 0 saturated carbocycles. The van der Waals surface area contributed by atoms with E-state index < -0.39 is 5.54 Å². The Morgan fingerprint density at radius 1 is 1.38 bits per heavy atom. The molecule has 0 aliphatic rings. The zero-order valence-corrected chi connectivity index (χ0v) is 14.8. The largest absolute Gasteiger partial charge is 0.344 e. The fourth-order valence-electron chi connectivity index (χ4n) is 2.49. The van der Waals surface area contributed by atoms with Crippen molar-refractivity contribution < 1.29 is 9.18 Å². The van der Waals surface area contributed by atoms with Crippen LogP contribution in [0.1, 0.15) is 37.7 Å². The number of hydrogen-bond donors (Lipinski definition) is 2. The van der Waals surface area contributed by atoms with E-state index in [0.717, 1.165) is 6.42 Å². The fourth-order valence-corrected chi connectivity index (χ4v) is 2.49. The van der Waals surface area contributed by atoms with Crippen LogP contribution in [0.4, 0.5) is 4.39 Å². The summed E-state index contributed by atoms with van der Waals surface area (Å²) in [5, 5.41) is 11.1. The zero-order valence-electron chi connectivity index (χ0n) is 14.0. The molecule has 0 aliphatic carbocycles. The molecule has 1 atom stereocenters. The van der Waals surface area contributed by atoms with Gasteiger partial charge in [0.15, 0.2) is 5.69 Å². The number of rotatable bonds is 6. The number of hydrogen-bond acceptors (Lipinski definition) is 4. The third-order valence-corrected chi connectivity index (χ3v) is 3.51. The minimum atomic E-state index is -0.495. The number of carbonyl (C=O) groups is 1. The molecule has 24 heavy (non-hydrogen) atoms. The summed E-state index contributed by atoms with van der Waals surface area (Å²) in [5.74, 6) is -0.267. The Balaban J connectivity index is 0.00000288. The van der Waals surface area contributed by atoms with Crippen LogP contribution in [0.15, 0.2) is 30.5 Å². The van der Waals surface area contributed by atoms with Gasteiger partial charge in [0, 0.05) is 6.54 Å². The van der Waals surface area contributed by atoms with Crippen LogP contribution in [-0.2, 0) is 0 Å². The van der Waals surface area contributed by atoms with Gasteiger partial charge in [-0.05, 0) is 43.5 Å². The van der Waals surface area contributed by atoms with Crippen molar-refractivity contribution in [1.29, 1.82) is 0 Å². The molecule has 0 spiro atoms. The number of benzene rings is 1. The van der Waals surface area contributed by atoms with Crippen molar-refractivity contribution in [1.82, 2.24) is 20.3 Å². The van der Waals surface area contributed by atoms with E-state index in [0.29, 0.717) is 18.2 Å². The lowest BCUT2D eigenvalue weighted by molar-refractivity contribution is 0.0892. The second-order valence-electron chi connectivity index (χ2n) is 6.31. The smallest absolute Gasteiger partial charge is 0.273 e. The maximum atomic E-state index is 12.9. The fraction of sp³-hybridized carbons (Fsp3) is 0.438. The molecule has 132 valence electrons. The van der Waals surface area contributed by atoms with Crippen LogP contribution < -0.4 is 11.1 Å². The van der Waals surface area contributed by atoms with E-state index in [2.05, 4.69) is 29.4 Å². The van der Waals surface area contributed by atoms with Gasteiger partial charge in [0.25, 0.3) is 5.91 Å². The number of aromatic nitrogens is 3. The first-order valence-corrected chi connectivity index (χ1v) is 7.54. The molecular weight excluding hydrogens is 333 g/mol. The summed E-state index contributed by atoms with van der Waals surface area (Å²) >= 11 is 0. The Morgan fingerprint density at radius 2 is 2.00 bits per heavy atom. The lowest BCUT2D eigenvalue weighted by atomic mass is 9.90. The van der Waals surface area contributed by atoms with Gasteiger partial charge in [0.05, 0.1) is 17.4 Å². The third kappa shape index (κ3) is 5.01. The van der Waals surface area contributed by atoms with Gasteiger partial charge in [-0.3, -0.25) is 4.79 Å². The van der Waals surface area contributed by atoms with E-state index in [-0.39, 0.29) is 29.8 Å². The highest BCUT2D eigenvalue weighted by atomic mass is 35.5. The summed E-state index contributed by atoms with van der Waals surface area (Å²) in [6.07, 6.45) is 2.15. The zero-order chi connectivity index (χ0) is 17.0. The molecule has 3 N–H and O–H groups in total. The van der Waals surface area contributed by atoms with Gasteiger partial charge in [-0.2, -0.15) is 9.90 Å². The molecule has 0 saturated heterocycles. The Morgan fingerprint density at radius 3 is 2.54 bits per heavy atom. The molecular formula is C16H23ClFN5O. The molecule has 1 amide bonds. The lowest BCUT2D eigenvalue weighted by Crippen LogP contribution is -2.52. The Labute approximate surface area is 147 Å². The molecule has 1 aromatic carbocycles. The van der Waals surface area contributed by atoms with Crippen molar-refractivity contribution in [2.75, 3.05) is 6.54 Å². The monoisotopic (exact) mass is 355 g/mol. The van der Waals surface area contributed by atoms with Gasteiger partial charge < -0.3 is 11.1 Å². The number of nitrogens with one attached hydrogen (secondary N) is 1. The average molecular weight is 356 g/mol. The Kier molecular flexibility index (Phi) is 6.86. The molecule has 2 aromatic rings. The van der Waals surface area contributed by atoms with Crippen molar-refractivity contribution in [3.05, 3.63) is 42.0 Å². The van der Waals surface area contributed by atoms with Crippen LogP contribution in [0.3, 0.4) is 0 Å². The molecule has 8 heteroatoms. The molecule has 1 heterocycles. The van der Waals surface area contributed by atoms with Gasteiger partial charge >= 0.3 is 0 Å². The predicted octanol–water partition coefficient (Wildman–Crippen LogP) is 2.32. The van der Waals surface area contributed by atoms with Crippen LogP contribution in [0, 0.1) is 11.7 Å². The minimum Gasteiger partial charge on any atom is -0.344 e. The highest BCUT2D eigenvalue weighted by molar-refractivity contribution is 5.92. The van der Waals surface area contributed by atoms with Crippen molar-refractivity contribution in [2.24, 2.45) is 11.7 Å². The summed E-state index contributed by atoms with van der Waals surface area (Å²) in [6, 6.07) is 5.71. The molecule has 0 aliphatic heterocycles. The van der Waals surface area contributed by atoms with E-state index >= 15 is 0 Å². The standard InChI is InChI=1S/C16H22FN5O.ClH/c1-11(2)8-16(3,10-18)20-15(23)14-9-19-22(21-14)13-6-4-12(17)5-7-13;/h4-7,9,11H,8,10,18H2,1-3H3,(H,20,23);1H.